The van der Waals surface area contributed by atoms with Gasteiger partial charge >= 0.3 is 5.97 Å². The molecule has 4 nitrogen and oxygen atoms in total. The molecule has 1 aliphatic heterocycles. The molecule has 0 amide bonds. The molecular formula is C20H21NO3. The maximum atomic E-state index is 12.4. The monoisotopic (exact) mass is 323 g/mol. The number of nitrogens with one attached hydrogen (secondary N) is 1. The fraction of sp³-hybridized carbons (Fsp3) is 0.250. The number of carbonyl (C=O) groups is 1. The van der Waals surface area contributed by atoms with Gasteiger partial charge in [-0.3, -0.25) is 0 Å². The maximum Gasteiger partial charge on any atom is 0.347 e. The predicted molar refractivity (Wildman–Crippen MR) is 95.7 cm³/mol. The Morgan fingerprint density at radius 3 is 2.62 bits per heavy atom. The number of para-hydroxylation sites is 1. The van der Waals surface area contributed by atoms with Crippen molar-refractivity contribution < 1.29 is 14.3 Å². The smallest absolute Gasteiger partial charge is 0.347 e. The lowest BCUT2D eigenvalue weighted by molar-refractivity contribution is 0.0731. The summed E-state index contributed by atoms with van der Waals surface area (Å²) in [5, 5.41) is 3.46. The first-order chi connectivity index (χ1) is 11.4. The summed E-state index contributed by atoms with van der Waals surface area (Å²) in [5.41, 5.74) is 3.55. The van der Waals surface area contributed by atoms with Crippen LogP contribution in [0.5, 0.6) is 11.5 Å². The van der Waals surface area contributed by atoms with Crippen LogP contribution in [0.1, 0.15) is 36.7 Å². The topological polar surface area (TPSA) is 47.6 Å². The quantitative estimate of drug-likeness (QED) is 0.666. The summed E-state index contributed by atoms with van der Waals surface area (Å²) < 4.78 is 10.8. The molecule has 24 heavy (non-hydrogen) atoms. The zero-order valence-electron chi connectivity index (χ0n) is 14.3. The number of allylic oxidation sites excluding steroid dienone is 1. The Labute approximate surface area is 142 Å². The van der Waals surface area contributed by atoms with E-state index in [1.807, 2.05) is 18.2 Å². The fourth-order valence-electron chi connectivity index (χ4n) is 3.00. The highest BCUT2D eigenvalue weighted by molar-refractivity contribution is 5.94. The first-order valence-corrected chi connectivity index (χ1v) is 7.87. The molecule has 1 heterocycles. The number of hydrogen-bond acceptors (Lipinski definition) is 4. The van der Waals surface area contributed by atoms with E-state index in [1.165, 1.54) is 7.11 Å². The number of hydrogen-bond donors (Lipinski definition) is 1. The van der Waals surface area contributed by atoms with Gasteiger partial charge in [0.25, 0.3) is 0 Å². The molecule has 0 saturated carbocycles. The molecular weight excluding hydrogens is 302 g/mol. The van der Waals surface area contributed by atoms with E-state index in [0.29, 0.717) is 17.1 Å². The molecule has 124 valence electrons. The minimum Gasteiger partial charge on any atom is -0.496 e. The molecule has 1 N–H and O–H groups in total. The number of methoxy groups -OCH3 is 1. The van der Waals surface area contributed by atoms with E-state index in [0.717, 1.165) is 16.8 Å². The first kappa shape index (κ1) is 16.1. The molecule has 2 aromatic carbocycles. The van der Waals surface area contributed by atoms with Gasteiger partial charge in [-0.2, -0.15) is 0 Å². The third-order valence-electron chi connectivity index (χ3n) is 3.99. The average molecular weight is 323 g/mol. The van der Waals surface area contributed by atoms with Crippen molar-refractivity contribution in [3.8, 4) is 11.5 Å². The van der Waals surface area contributed by atoms with Crippen molar-refractivity contribution in [1.29, 1.82) is 0 Å². The Morgan fingerprint density at radius 2 is 1.88 bits per heavy atom. The highest BCUT2D eigenvalue weighted by atomic mass is 16.5. The van der Waals surface area contributed by atoms with Crippen molar-refractivity contribution in [2.45, 2.75) is 26.3 Å². The highest BCUT2D eigenvalue weighted by Gasteiger charge is 2.23. The van der Waals surface area contributed by atoms with Crippen molar-refractivity contribution in [2.24, 2.45) is 0 Å². The Morgan fingerprint density at radius 1 is 1.12 bits per heavy atom. The standard InChI is InChI=1S/C20H21NO3/c1-13-12-20(2,3)21-17-10-9-14(11-16(13)17)24-19(22)15-7-5-6-8-18(15)23-4/h5-12,21H,1-4H3. The Kier molecular flexibility index (Phi) is 4.06. The lowest BCUT2D eigenvalue weighted by atomic mass is 9.91. The molecule has 4 heteroatoms. The summed E-state index contributed by atoms with van der Waals surface area (Å²) >= 11 is 0. The van der Waals surface area contributed by atoms with Crippen LogP contribution in [0.15, 0.2) is 48.5 Å². The van der Waals surface area contributed by atoms with Crippen molar-refractivity contribution >= 4 is 17.2 Å². The van der Waals surface area contributed by atoms with E-state index < -0.39 is 5.97 Å². The van der Waals surface area contributed by atoms with E-state index in [9.17, 15) is 4.79 Å². The van der Waals surface area contributed by atoms with Gasteiger partial charge in [-0.05, 0) is 56.7 Å². The van der Waals surface area contributed by atoms with Crippen molar-refractivity contribution in [1.82, 2.24) is 0 Å². The number of anilines is 1. The molecule has 2 aromatic rings. The van der Waals surface area contributed by atoms with E-state index >= 15 is 0 Å². The van der Waals surface area contributed by atoms with Crippen molar-refractivity contribution in [2.75, 3.05) is 12.4 Å². The molecule has 0 unspecified atom stereocenters. The van der Waals surface area contributed by atoms with Gasteiger partial charge in [0.2, 0.25) is 0 Å². The number of ether oxygens (including phenoxy) is 2. The molecule has 0 fully saturated rings. The van der Waals surface area contributed by atoms with Crippen LogP contribution in [-0.2, 0) is 0 Å². The summed E-state index contributed by atoms with van der Waals surface area (Å²) in [6.45, 7) is 6.30. The zero-order chi connectivity index (χ0) is 17.3. The van der Waals surface area contributed by atoms with Gasteiger partial charge in [0.05, 0.1) is 12.6 Å². The highest BCUT2D eigenvalue weighted by Crippen LogP contribution is 2.36. The Balaban J connectivity index is 1.87. The van der Waals surface area contributed by atoms with Gasteiger partial charge in [-0.1, -0.05) is 18.2 Å². The van der Waals surface area contributed by atoms with Crippen molar-refractivity contribution in [3.63, 3.8) is 0 Å². The first-order valence-electron chi connectivity index (χ1n) is 7.87. The van der Waals surface area contributed by atoms with Crippen molar-refractivity contribution in [3.05, 3.63) is 59.7 Å². The second-order valence-corrected chi connectivity index (χ2v) is 6.47. The molecule has 0 bridgehead atoms. The minimum absolute atomic E-state index is 0.0906. The maximum absolute atomic E-state index is 12.4. The van der Waals surface area contributed by atoms with Gasteiger partial charge in [0, 0.05) is 11.3 Å². The average Bonchev–Trinajstić information content (AvgIpc) is 2.54. The van der Waals surface area contributed by atoms with E-state index in [4.69, 9.17) is 9.47 Å². The molecule has 0 aliphatic carbocycles. The molecule has 0 saturated heterocycles. The largest absolute Gasteiger partial charge is 0.496 e. The third-order valence-corrected chi connectivity index (χ3v) is 3.99. The van der Waals surface area contributed by atoms with Crippen LogP contribution in [0.3, 0.4) is 0 Å². The van der Waals surface area contributed by atoms with Crippen LogP contribution in [-0.4, -0.2) is 18.6 Å². The zero-order valence-corrected chi connectivity index (χ0v) is 14.3. The molecule has 0 spiro atoms. The molecule has 1 aliphatic rings. The van der Waals surface area contributed by atoms with E-state index in [-0.39, 0.29) is 5.54 Å². The summed E-state index contributed by atoms with van der Waals surface area (Å²) in [6.07, 6.45) is 2.17. The normalized spacial score (nSPS) is 14.9. The summed E-state index contributed by atoms with van der Waals surface area (Å²) in [7, 11) is 1.53. The van der Waals surface area contributed by atoms with Crippen LogP contribution in [0.25, 0.3) is 5.57 Å². The van der Waals surface area contributed by atoms with Crippen LogP contribution in [0, 0.1) is 0 Å². The van der Waals surface area contributed by atoms with Crippen LogP contribution >= 0.6 is 0 Å². The summed E-state index contributed by atoms with van der Waals surface area (Å²) in [4.78, 5) is 12.4. The van der Waals surface area contributed by atoms with Gasteiger partial charge in [-0.15, -0.1) is 0 Å². The van der Waals surface area contributed by atoms with E-state index in [1.54, 1.807) is 24.3 Å². The van der Waals surface area contributed by atoms with Crippen LogP contribution in [0.2, 0.25) is 0 Å². The number of rotatable bonds is 3. The summed E-state index contributed by atoms with van der Waals surface area (Å²) in [6, 6.07) is 12.7. The second-order valence-electron chi connectivity index (χ2n) is 6.47. The van der Waals surface area contributed by atoms with Gasteiger partial charge in [0.1, 0.15) is 17.1 Å². The Hall–Kier alpha value is -2.75. The second kappa shape index (κ2) is 6.04. The molecule has 0 radical (unpaired) electrons. The number of carbonyl (C=O) groups excluding carboxylic acids is 1. The molecule has 0 atom stereocenters. The van der Waals surface area contributed by atoms with Gasteiger partial charge in [-0.25, -0.2) is 4.79 Å². The number of fused-ring (bicyclic) bond motifs is 1. The predicted octanol–water partition coefficient (Wildman–Crippen LogP) is 4.52. The number of esters is 1. The minimum atomic E-state index is -0.432. The Bertz CT molecular complexity index is 821. The van der Waals surface area contributed by atoms with Gasteiger partial charge < -0.3 is 14.8 Å². The lowest BCUT2D eigenvalue weighted by Crippen LogP contribution is -2.31. The molecule has 3 rings (SSSR count). The molecule has 0 aromatic heterocycles. The lowest BCUT2D eigenvalue weighted by Gasteiger charge is -2.31. The number of benzene rings is 2. The van der Waals surface area contributed by atoms with E-state index in [2.05, 4.69) is 32.2 Å². The summed E-state index contributed by atoms with van der Waals surface area (Å²) in [5.74, 6) is 0.581. The van der Waals surface area contributed by atoms with Crippen LogP contribution < -0.4 is 14.8 Å². The third kappa shape index (κ3) is 3.13. The SMILES string of the molecule is COc1ccccc1C(=O)Oc1ccc2c(c1)C(C)=CC(C)(C)N2. The van der Waals surface area contributed by atoms with Gasteiger partial charge in [0.15, 0.2) is 0 Å². The fourth-order valence-corrected chi connectivity index (χ4v) is 3.00. The van der Waals surface area contributed by atoms with Crippen LogP contribution in [0.4, 0.5) is 5.69 Å².